The van der Waals surface area contributed by atoms with Crippen LogP contribution in [0.15, 0.2) is 24.3 Å². The molecule has 1 aromatic carbocycles. The Morgan fingerprint density at radius 3 is 2.91 bits per heavy atom. The number of hydrogen-bond acceptors (Lipinski definition) is 4. The van der Waals surface area contributed by atoms with E-state index in [2.05, 4.69) is 5.32 Å². The monoisotopic (exact) mass is 323 g/mol. The fourth-order valence-corrected chi connectivity index (χ4v) is 2.60. The minimum Gasteiger partial charge on any atom is -0.383 e. The van der Waals surface area contributed by atoms with Crippen molar-refractivity contribution in [2.24, 2.45) is 0 Å². The molecule has 1 atom stereocenters. The molecule has 126 valence electrons. The molecule has 1 aliphatic heterocycles. The zero-order valence-electron chi connectivity index (χ0n) is 13.4. The lowest BCUT2D eigenvalue weighted by Gasteiger charge is -2.24. The van der Waals surface area contributed by atoms with Crippen LogP contribution in [0.25, 0.3) is 0 Å². The van der Waals surface area contributed by atoms with Gasteiger partial charge in [-0.1, -0.05) is 12.1 Å². The highest BCUT2D eigenvalue weighted by atomic mass is 19.1. The molecular formula is C16H22FN3O3. The van der Waals surface area contributed by atoms with Gasteiger partial charge in [-0.3, -0.25) is 9.59 Å². The van der Waals surface area contributed by atoms with Crippen LogP contribution in [0, 0.1) is 5.82 Å². The van der Waals surface area contributed by atoms with E-state index in [-0.39, 0.29) is 24.0 Å². The molecule has 0 aromatic heterocycles. The number of hydrogen-bond donors (Lipinski definition) is 1. The summed E-state index contributed by atoms with van der Waals surface area (Å²) in [5, 5.41) is 2.96. The number of amides is 2. The van der Waals surface area contributed by atoms with E-state index in [1.54, 1.807) is 32.4 Å². The van der Waals surface area contributed by atoms with Gasteiger partial charge in [0.05, 0.1) is 18.8 Å². The van der Waals surface area contributed by atoms with Crippen LogP contribution >= 0.6 is 0 Å². The van der Waals surface area contributed by atoms with Gasteiger partial charge < -0.3 is 19.9 Å². The highest BCUT2D eigenvalue weighted by Gasteiger charge is 2.37. The molecule has 1 N–H and O–H groups in total. The number of ether oxygens (including phenoxy) is 1. The van der Waals surface area contributed by atoms with Gasteiger partial charge in [-0.15, -0.1) is 0 Å². The second-order valence-electron chi connectivity index (χ2n) is 5.42. The fraction of sp³-hybridized carbons (Fsp3) is 0.500. The quantitative estimate of drug-likeness (QED) is 0.748. The number of halogens is 1. The first-order valence-corrected chi connectivity index (χ1v) is 7.57. The molecule has 1 saturated heterocycles. The molecule has 0 radical (unpaired) electrons. The van der Waals surface area contributed by atoms with Crippen molar-refractivity contribution < 1.29 is 18.7 Å². The summed E-state index contributed by atoms with van der Waals surface area (Å²) in [6, 6.07) is 5.62. The number of carbonyl (C=O) groups is 2. The lowest BCUT2D eigenvalue weighted by molar-refractivity contribution is -0.136. The van der Waals surface area contributed by atoms with Gasteiger partial charge >= 0.3 is 0 Å². The summed E-state index contributed by atoms with van der Waals surface area (Å²) < 4.78 is 18.7. The molecule has 1 aliphatic rings. The minimum absolute atomic E-state index is 0.142. The van der Waals surface area contributed by atoms with Crippen molar-refractivity contribution in [2.45, 2.75) is 12.5 Å². The zero-order chi connectivity index (χ0) is 16.8. The third kappa shape index (κ3) is 4.05. The molecule has 2 rings (SSSR count). The van der Waals surface area contributed by atoms with Crippen LogP contribution in [0.5, 0.6) is 0 Å². The van der Waals surface area contributed by atoms with Gasteiger partial charge in [-0.25, -0.2) is 4.39 Å². The number of benzene rings is 1. The predicted octanol–water partition coefficient (Wildman–Crippen LogP) is 0.625. The number of para-hydroxylation sites is 1. The van der Waals surface area contributed by atoms with Gasteiger partial charge in [0.25, 0.3) is 0 Å². The van der Waals surface area contributed by atoms with Gasteiger partial charge in [0, 0.05) is 27.2 Å². The summed E-state index contributed by atoms with van der Waals surface area (Å²) >= 11 is 0. The van der Waals surface area contributed by atoms with E-state index in [4.69, 9.17) is 4.74 Å². The fourth-order valence-electron chi connectivity index (χ4n) is 2.60. The smallest absolute Gasteiger partial charge is 0.249 e. The highest BCUT2D eigenvalue weighted by molar-refractivity contribution is 6.01. The largest absolute Gasteiger partial charge is 0.383 e. The summed E-state index contributed by atoms with van der Waals surface area (Å²) in [5.41, 5.74) is 0.263. The van der Waals surface area contributed by atoms with E-state index in [1.165, 1.54) is 15.9 Å². The molecule has 23 heavy (non-hydrogen) atoms. The van der Waals surface area contributed by atoms with Crippen molar-refractivity contribution in [1.82, 2.24) is 10.2 Å². The Kier molecular flexibility index (Phi) is 6.06. The predicted molar refractivity (Wildman–Crippen MR) is 84.7 cm³/mol. The first-order valence-electron chi connectivity index (χ1n) is 7.57. The van der Waals surface area contributed by atoms with E-state index in [1.807, 2.05) is 0 Å². The first-order chi connectivity index (χ1) is 11.1. The van der Waals surface area contributed by atoms with Crippen molar-refractivity contribution in [3.05, 3.63) is 30.1 Å². The maximum Gasteiger partial charge on any atom is 0.249 e. The Hall–Kier alpha value is -1.99. The second-order valence-corrected chi connectivity index (χ2v) is 5.42. The Morgan fingerprint density at radius 2 is 2.22 bits per heavy atom. The molecule has 0 aliphatic carbocycles. The number of rotatable bonds is 7. The molecule has 1 heterocycles. The molecule has 0 saturated carbocycles. The van der Waals surface area contributed by atoms with Gasteiger partial charge in [0.1, 0.15) is 11.9 Å². The lowest BCUT2D eigenvalue weighted by atomic mass is 10.2. The normalized spacial score (nSPS) is 17.6. The number of anilines is 1. The van der Waals surface area contributed by atoms with Gasteiger partial charge in [-0.05, 0) is 18.6 Å². The Bertz CT molecular complexity index is 567. The maximum absolute atomic E-state index is 13.8. The molecule has 2 amide bonds. The van der Waals surface area contributed by atoms with Crippen LogP contribution in [0.3, 0.4) is 0 Å². The SMILES string of the molecule is COCCNCC(=O)N(C)C1CCN(c2ccccc2F)C1=O. The Balaban J connectivity index is 1.96. The molecule has 1 aromatic rings. The van der Waals surface area contributed by atoms with E-state index < -0.39 is 11.9 Å². The second kappa shape index (κ2) is 8.03. The summed E-state index contributed by atoms with van der Waals surface area (Å²) in [4.78, 5) is 27.5. The van der Waals surface area contributed by atoms with Crippen LogP contribution in [0.2, 0.25) is 0 Å². The first kappa shape index (κ1) is 17.4. The van der Waals surface area contributed by atoms with Crippen LogP contribution in [0.4, 0.5) is 10.1 Å². The van der Waals surface area contributed by atoms with Crippen LogP contribution < -0.4 is 10.2 Å². The van der Waals surface area contributed by atoms with Crippen LogP contribution in [-0.2, 0) is 14.3 Å². The van der Waals surface area contributed by atoms with Crippen LogP contribution in [0.1, 0.15) is 6.42 Å². The Morgan fingerprint density at radius 1 is 1.48 bits per heavy atom. The summed E-state index contributed by atoms with van der Waals surface area (Å²) in [6.45, 7) is 1.62. The van der Waals surface area contributed by atoms with Crippen molar-refractivity contribution in [3.8, 4) is 0 Å². The number of nitrogens with zero attached hydrogens (tertiary/aromatic N) is 2. The average molecular weight is 323 g/mol. The number of methoxy groups -OCH3 is 1. The van der Waals surface area contributed by atoms with Gasteiger partial charge in [-0.2, -0.15) is 0 Å². The van der Waals surface area contributed by atoms with Crippen LogP contribution in [-0.4, -0.2) is 63.2 Å². The molecule has 0 spiro atoms. The molecule has 1 unspecified atom stereocenters. The Labute approximate surface area is 135 Å². The number of likely N-dealkylation sites (N-methyl/N-ethyl adjacent to an activating group) is 1. The van der Waals surface area contributed by atoms with E-state index in [0.717, 1.165) is 0 Å². The lowest BCUT2D eigenvalue weighted by Crippen LogP contribution is -2.46. The molecule has 0 bridgehead atoms. The van der Waals surface area contributed by atoms with Gasteiger partial charge in [0.2, 0.25) is 11.8 Å². The molecule has 7 heteroatoms. The maximum atomic E-state index is 13.8. The number of carbonyl (C=O) groups excluding carboxylic acids is 2. The molecule has 6 nitrogen and oxygen atoms in total. The summed E-state index contributed by atoms with van der Waals surface area (Å²) in [7, 11) is 3.19. The van der Waals surface area contributed by atoms with Crippen molar-refractivity contribution >= 4 is 17.5 Å². The van der Waals surface area contributed by atoms with Crippen molar-refractivity contribution in [1.29, 1.82) is 0 Å². The van der Waals surface area contributed by atoms with Crippen molar-refractivity contribution in [3.63, 3.8) is 0 Å². The minimum atomic E-state index is -0.550. The zero-order valence-corrected chi connectivity index (χ0v) is 13.4. The molecular weight excluding hydrogens is 301 g/mol. The third-order valence-corrected chi connectivity index (χ3v) is 3.94. The van der Waals surface area contributed by atoms with Gasteiger partial charge in [0.15, 0.2) is 0 Å². The van der Waals surface area contributed by atoms with E-state index in [0.29, 0.717) is 26.1 Å². The standard InChI is InChI=1S/C16H22FN3O3/c1-19(15(21)11-18-8-10-23-2)14-7-9-20(16(14)22)13-6-4-3-5-12(13)17/h3-6,14,18H,7-11H2,1-2H3. The molecule has 1 fully saturated rings. The third-order valence-electron chi connectivity index (χ3n) is 3.94. The van der Waals surface area contributed by atoms with Crippen molar-refractivity contribution in [2.75, 3.05) is 45.3 Å². The average Bonchev–Trinajstić information content (AvgIpc) is 2.92. The van der Waals surface area contributed by atoms with E-state index in [9.17, 15) is 14.0 Å². The number of nitrogens with one attached hydrogen (secondary N) is 1. The van der Waals surface area contributed by atoms with E-state index >= 15 is 0 Å². The topological polar surface area (TPSA) is 61.9 Å². The summed E-state index contributed by atoms with van der Waals surface area (Å²) in [5.74, 6) is -0.852. The summed E-state index contributed by atoms with van der Waals surface area (Å²) in [6.07, 6.45) is 0.494. The highest BCUT2D eigenvalue weighted by Crippen LogP contribution is 2.26.